The van der Waals surface area contributed by atoms with Crippen LogP contribution in [0.1, 0.15) is 25.3 Å². The molecule has 2 rings (SSSR count). The van der Waals surface area contributed by atoms with E-state index in [-0.39, 0.29) is 6.10 Å². The summed E-state index contributed by atoms with van der Waals surface area (Å²) in [6.45, 7) is 5.67. The van der Waals surface area contributed by atoms with Gasteiger partial charge in [-0.3, -0.25) is 0 Å². The smallest absolute Gasteiger partial charge is 0.227 e. The Kier molecular flexibility index (Phi) is 4.92. The van der Waals surface area contributed by atoms with E-state index >= 15 is 0 Å². The third kappa shape index (κ3) is 4.71. The second-order valence-corrected chi connectivity index (χ2v) is 4.57. The van der Waals surface area contributed by atoms with Crippen LogP contribution in [0, 0.1) is 0 Å². The first-order valence-corrected chi connectivity index (χ1v) is 6.46. The first-order chi connectivity index (χ1) is 9.24. The van der Waals surface area contributed by atoms with Gasteiger partial charge in [0, 0.05) is 19.5 Å². The lowest BCUT2D eigenvalue weighted by Gasteiger charge is -2.10. The Balaban J connectivity index is 1.71. The molecule has 0 bridgehead atoms. The molecule has 1 aromatic heterocycles. The summed E-state index contributed by atoms with van der Waals surface area (Å²) in [6, 6.07) is 8.12. The van der Waals surface area contributed by atoms with Crippen LogP contribution < -0.4 is 10.1 Å². The molecule has 5 heteroatoms. The van der Waals surface area contributed by atoms with Gasteiger partial charge in [-0.05, 0) is 31.5 Å². The summed E-state index contributed by atoms with van der Waals surface area (Å²) in [5, 5.41) is 6.90. The maximum absolute atomic E-state index is 5.60. The van der Waals surface area contributed by atoms with Crippen molar-refractivity contribution in [2.24, 2.45) is 0 Å². The summed E-state index contributed by atoms with van der Waals surface area (Å²) in [7, 11) is 0. The van der Waals surface area contributed by atoms with E-state index in [0.29, 0.717) is 5.89 Å². The summed E-state index contributed by atoms with van der Waals surface area (Å²) >= 11 is 0. The SMILES string of the molecule is CC(C)Oc1ccc(CNCCc2ncno2)cc1. The summed E-state index contributed by atoms with van der Waals surface area (Å²) in [5.41, 5.74) is 1.22. The van der Waals surface area contributed by atoms with Gasteiger partial charge in [-0.1, -0.05) is 17.3 Å². The molecule has 1 heterocycles. The summed E-state index contributed by atoms with van der Waals surface area (Å²) in [4.78, 5) is 3.97. The number of nitrogens with one attached hydrogen (secondary N) is 1. The van der Waals surface area contributed by atoms with Gasteiger partial charge >= 0.3 is 0 Å². The van der Waals surface area contributed by atoms with Crippen molar-refractivity contribution in [3.05, 3.63) is 42.0 Å². The average molecular weight is 261 g/mol. The van der Waals surface area contributed by atoms with Crippen LogP contribution >= 0.6 is 0 Å². The fourth-order valence-corrected chi connectivity index (χ4v) is 1.69. The van der Waals surface area contributed by atoms with Crippen molar-refractivity contribution >= 4 is 0 Å². The van der Waals surface area contributed by atoms with Crippen molar-refractivity contribution < 1.29 is 9.26 Å². The number of rotatable bonds is 7. The van der Waals surface area contributed by atoms with Crippen LogP contribution in [0.2, 0.25) is 0 Å². The molecule has 0 saturated carbocycles. The van der Waals surface area contributed by atoms with E-state index in [1.165, 1.54) is 11.9 Å². The Morgan fingerprint density at radius 2 is 2.05 bits per heavy atom. The fourth-order valence-electron chi connectivity index (χ4n) is 1.69. The number of nitrogens with zero attached hydrogens (tertiary/aromatic N) is 2. The second-order valence-electron chi connectivity index (χ2n) is 4.57. The highest BCUT2D eigenvalue weighted by atomic mass is 16.5. The molecule has 0 amide bonds. The summed E-state index contributed by atoms with van der Waals surface area (Å²) in [6.07, 6.45) is 2.37. The molecule has 0 aliphatic rings. The molecule has 0 aliphatic carbocycles. The Bertz CT molecular complexity index is 466. The monoisotopic (exact) mass is 261 g/mol. The highest BCUT2D eigenvalue weighted by Gasteiger charge is 2.00. The van der Waals surface area contributed by atoms with Gasteiger partial charge in [0.05, 0.1) is 6.10 Å². The van der Waals surface area contributed by atoms with Crippen LogP contribution in [0.5, 0.6) is 5.75 Å². The van der Waals surface area contributed by atoms with E-state index in [1.54, 1.807) is 0 Å². The highest BCUT2D eigenvalue weighted by Crippen LogP contribution is 2.13. The number of aromatic nitrogens is 2. The van der Waals surface area contributed by atoms with Crippen molar-refractivity contribution in [2.45, 2.75) is 32.9 Å². The first-order valence-electron chi connectivity index (χ1n) is 6.46. The molecule has 0 saturated heterocycles. The molecule has 0 spiro atoms. The van der Waals surface area contributed by atoms with Crippen LogP contribution in [-0.4, -0.2) is 22.8 Å². The molecule has 2 aromatic rings. The lowest BCUT2D eigenvalue weighted by Crippen LogP contribution is -2.16. The van der Waals surface area contributed by atoms with Crippen molar-refractivity contribution in [1.29, 1.82) is 0 Å². The van der Waals surface area contributed by atoms with Crippen LogP contribution in [0.3, 0.4) is 0 Å². The number of hydrogen-bond acceptors (Lipinski definition) is 5. The lowest BCUT2D eigenvalue weighted by atomic mass is 10.2. The molecule has 1 aromatic carbocycles. The normalized spacial score (nSPS) is 10.9. The van der Waals surface area contributed by atoms with Gasteiger partial charge in [0.15, 0.2) is 6.33 Å². The minimum Gasteiger partial charge on any atom is -0.491 e. The lowest BCUT2D eigenvalue weighted by molar-refractivity contribution is 0.242. The molecule has 0 aliphatic heterocycles. The summed E-state index contributed by atoms with van der Waals surface area (Å²) < 4.78 is 10.5. The minimum absolute atomic E-state index is 0.207. The molecular formula is C14H19N3O2. The Morgan fingerprint density at radius 3 is 2.68 bits per heavy atom. The topological polar surface area (TPSA) is 60.2 Å². The molecular weight excluding hydrogens is 242 g/mol. The highest BCUT2D eigenvalue weighted by molar-refractivity contribution is 5.27. The van der Waals surface area contributed by atoms with Crippen LogP contribution in [0.15, 0.2) is 35.1 Å². The van der Waals surface area contributed by atoms with E-state index < -0.39 is 0 Å². The second kappa shape index (κ2) is 6.89. The van der Waals surface area contributed by atoms with E-state index in [2.05, 4.69) is 27.6 Å². The van der Waals surface area contributed by atoms with E-state index in [9.17, 15) is 0 Å². The predicted octanol–water partition coefficient (Wildman–Crippen LogP) is 2.19. The van der Waals surface area contributed by atoms with Gasteiger partial charge in [-0.25, -0.2) is 0 Å². The van der Waals surface area contributed by atoms with Crippen molar-refractivity contribution in [3.63, 3.8) is 0 Å². The van der Waals surface area contributed by atoms with Crippen LogP contribution in [-0.2, 0) is 13.0 Å². The van der Waals surface area contributed by atoms with Gasteiger partial charge in [0.25, 0.3) is 0 Å². The number of benzene rings is 1. The molecule has 0 atom stereocenters. The average Bonchev–Trinajstić information content (AvgIpc) is 2.89. The first kappa shape index (κ1) is 13.5. The van der Waals surface area contributed by atoms with Crippen LogP contribution in [0.25, 0.3) is 0 Å². The zero-order valence-electron chi connectivity index (χ0n) is 11.3. The van der Waals surface area contributed by atoms with Gasteiger partial charge < -0.3 is 14.6 Å². The van der Waals surface area contributed by atoms with E-state index in [1.807, 2.05) is 26.0 Å². The van der Waals surface area contributed by atoms with E-state index in [0.717, 1.165) is 25.3 Å². The quantitative estimate of drug-likeness (QED) is 0.774. The zero-order valence-corrected chi connectivity index (χ0v) is 11.3. The van der Waals surface area contributed by atoms with Crippen molar-refractivity contribution in [1.82, 2.24) is 15.5 Å². The summed E-state index contributed by atoms with van der Waals surface area (Å²) in [5.74, 6) is 1.57. The van der Waals surface area contributed by atoms with E-state index in [4.69, 9.17) is 9.26 Å². The maximum Gasteiger partial charge on any atom is 0.227 e. The van der Waals surface area contributed by atoms with Crippen molar-refractivity contribution in [3.8, 4) is 5.75 Å². The Labute approximate surface area is 113 Å². The Morgan fingerprint density at radius 1 is 1.26 bits per heavy atom. The maximum atomic E-state index is 5.60. The fraction of sp³-hybridized carbons (Fsp3) is 0.429. The number of ether oxygens (including phenoxy) is 1. The van der Waals surface area contributed by atoms with Crippen molar-refractivity contribution in [2.75, 3.05) is 6.54 Å². The third-order valence-electron chi connectivity index (χ3n) is 2.55. The molecule has 0 radical (unpaired) electrons. The molecule has 0 unspecified atom stereocenters. The van der Waals surface area contributed by atoms with Crippen LogP contribution in [0.4, 0.5) is 0 Å². The predicted molar refractivity (Wildman–Crippen MR) is 71.9 cm³/mol. The standard InChI is InChI=1S/C14H19N3O2/c1-11(2)18-13-5-3-12(4-6-13)9-15-8-7-14-16-10-17-19-14/h3-6,10-11,15H,7-9H2,1-2H3. The molecule has 1 N–H and O–H groups in total. The molecule has 102 valence electrons. The molecule has 5 nitrogen and oxygen atoms in total. The van der Waals surface area contributed by atoms with Gasteiger partial charge in [0.2, 0.25) is 5.89 Å². The van der Waals surface area contributed by atoms with Gasteiger partial charge in [0.1, 0.15) is 5.75 Å². The van der Waals surface area contributed by atoms with Gasteiger partial charge in [-0.15, -0.1) is 0 Å². The molecule has 19 heavy (non-hydrogen) atoms. The minimum atomic E-state index is 0.207. The van der Waals surface area contributed by atoms with Gasteiger partial charge in [-0.2, -0.15) is 4.98 Å². The third-order valence-corrected chi connectivity index (χ3v) is 2.55. The zero-order chi connectivity index (χ0) is 13.5. The molecule has 0 fully saturated rings. The Hall–Kier alpha value is -1.88. The largest absolute Gasteiger partial charge is 0.491 e. The number of hydrogen-bond donors (Lipinski definition) is 1.